The zero-order valence-corrected chi connectivity index (χ0v) is 15.6. The van der Waals surface area contributed by atoms with Gasteiger partial charge in [0.15, 0.2) is 5.17 Å². The minimum Gasteiger partial charge on any atom is -0.379 e. The molecule has 0 bridgehead atoms. The van der Waals surface area contributed by atoms with Gasteiger partial charge in [-0.1, -0.05) is 11.8 Å². The number of nitrogens with two attached hydrogens (primary N) is 1. The zero-order valence-electron chi connectivity index (χ0n) is 14.8. The molecule has 0 spiro atoms. The molecule has 2 aliphatic rings. The average Bonchev–Trinajstić information content (AvgIpc) is 2.62. The fraction of sp³-hybridized carbons (Fsp3) is 0.529. The summed E-state index contributed by atoms with van der Waals surface area (Å²) in [5, 5.41) is 8.20. The predicted octanol–water partition coefficient (Wildman–Crippen LogP) is 1.27. The number of aliphatic imine (C=N–C) groups is 1. The van der Waals surface area contributed by atoms with Crippen molar-refractivity contribution >= 4 is 28.5 Å². The van der Waals surface area contributed by atoms with Crippen LogP contribution >= 0.6 is 11.8 Å². The van der Waals surface area contributed by atoms with Gasteiger partial charge in [-0.05, 0) is 31.5 Å². The van der Waals surface area contributed by atoms with Crippen LogP contribution in [0, 0.1) is 5.82 Å². The summed E-state index contributed by atoms with van der Waals surface area (Å²) in [6.45, 7) is 4.93. The maximum Gasteiger partial charge on any atom is 0.252 e. The van der Waals surface area contributed by atoms with E-state index in [9.17, 15) is 9.18 Å². The molecule has 1 atom stereocenters. The number of rotatable bonds is 5. The molecule has 0 saturated carbocycles. The Bertz CT molecular complexity index is 696. The molecule has 0 radical (unpaired) electrons. The minimum absolute atomic E-state index is 0.0777. The number of benzene rings is 1. The van der Waals surface area contributed by atoms with Crippen molar-refractivity contribution in [1.82, 2.24) is 10.4 Å². The van der Waals surface area contributed by atoms with Gasteiger partial charge in [0, 0.05) is 43.2 Å². The molecule has 0 unspecified atom stereocenters. The maximum absolute atomic E-state index is 14.4. The lowest BCUT2D eigenvalue weighted by Gasteiger charge is -2.30. The number of hydrogen-bond donors (Lipinski definition) is 3. The van der Waals surface area contributed by atoms with Gasteiger partial charge >= 0.3 is 0 Å². The number of halogens is 1. The molecule has 0 aromatic heterocycles. The summed E-state index contributed by atoms with van der Waals surface area (Å²) < 4.78 is 14.4. The number of thioether (sulfide) groups is 1. The Balaban J connectivity index is 1.65. The van der Waals surface area contributed by atoms with Crippen molar-refractivity contribution in [1.29, 1.82) is 0 Å². The normalized spacial score (nSPS) is 24.2. The number of nitrogens with one attached hydrogen (secondary N) is 2. The molecule has 142 valence electrons. The van der Waals surface area contributed by atoms with Crippen LogP contribution in [0.3, 0.4) is 0 Å². The van der Waals surface area contributed by atoms with E-state index < -0.39 is 5.54 Å². The highest BCUT2D eigenvalue weighted by Gasteiger charge is 2.32. The first-order valence-electron chi connectivity index (χ1n) is 8.63. The predicted molar refractivity (Wildman–Crippen MR) is 101 cm³/mol. The molecule has 1 amide bonds. The summed E-state index contributed by atoms with van der Waals surface area (Å²) in [7, 11) is 0. The first kappa shape index (κ1) is 19.1. The second kappa shape index (κ2) is 8.34. The number of amides is 1. The summed E-state index contributed by atoms with van der Waals surface area (Å²) in [6.07, 6.45) is 0.679. The summed E-state index contributed by atoms with van der Waals surface area (Å²) in [5.41, 5.74) is 6.05. The van der Waals surface area contributed by atoms with E-state index in [0.717, 1.165) is 31.9 Å². The Morgan fingerprint density at radius 2 is 2.27 bits per heavy atom. The van der Waals surface area contributed by atoms with Crippen molar-refractivity contribution in [3.8, 4) is 0 Å². The third kappa shape index (κ3) is 4.73. The molecule has 2 heterocycles. The third-order valence-corrected chi connectivity index (χ3v) is 5.28. The van der Waals surface area contributed by atoms with E-state index in [2.05, 4.69) is 15.6 Å². The second-order valence-electron chi connectivity index (χ2n) is 6.52. The van der Waals surface area contributed by atoms with Crippen molar-refractivity contribution in [2.24, 2.45) is 10.7 Å². The average molecular weight is 381 g/mol. The molecule has 0 aliphatic carbocycles. The van der Waals surface area contributed by atoms with Crippen LogP contribution in [0.25, 0.3) is 0 Å². The van der Waals surface area contributed by atoms with E-state index in [4.69, 9.17) is 10.6 Å². The molecular weight excluding hydrogens is 357 g/mol. The Labute approximate surface area is 156 Å². The van der Waals surface area contributed by atoms with E-state index in [1.807, 2.05) is 6.92 Å². The Hall–Kier alpha value is -1.68. The number of amidine groups is 1. The van der Waals surface area contributed by atoms with Crippen molar-refractivity contribution in [2.75, 3.05) is 43.9 Å². The Morgan fingerprint density at radius 3 is 3.00 bits per heavy atom. The molecule has 7 nitrogen and oxygen atoms in total. The van der Waals surface area contributed by atoms with E-state index in [-0.39, 0.29) is 18.3 Å². The lowest BCUT2D eigenvalue weighted by atomic mass is 9.89. The quantitative estimate of drug-likeness (QED) is 0.711. The van der Waals surface area contributed by atoms with Gasteiger partial charge in [-0.3, -0.25) is 14.6 Å². The number of piperazine rings is 1. The number of hydroxylamine groups is 2. The fourth-order valence-corrected chi connectivity index (χ4v) is 3.99. The van der Waals surface area contributed by atoms with Crippen molar-refractivity contribution in [3.05, 3.63) is 29.6 Å². The van der Waals surface area contributed by atoms with Crippen LogP contribution in [0.2, 0.25) is 0 Å². The van der Waals surface area contributed by atoms with Crippen LogP contribution in [0.15, 0.2) is 23.2 Å². The largest absolute Gasteiger partial charge is 0.379 e. The number of carbonyl (C=O) groups is 1. The standard InChI is InChI=1S/C17H24FN5O2S/c1-17(4-9-26-16(19)22-17)13-10-12(2-3-14(13)18)21-15(24)11-25-23-7-5-20-6-8-23/h2-3,10,20H,4-9,11H2,1H3,(H2,19,22)(H,21,24)/t17-/m0/s1. The van der Waals surface area contributed by atoms with Crippen molar-refractivity contribution < 1.29 is 14.0 Å². The molecule has 1 aromatic carbocycles. The molecule has 2 aliphatic heterocycles. The highest BCUT2D eigenvalue weighted by atomic mass is 32.2. The van der Waals surface area contributed by atoms with Crippen LogP contribution in [-0.4, -0.2) is 54.7 Å². The maximum atomic E-state index is 14.4. The van der Waals surface area contributed by atoms with Crippen LogP contribution in [0.5, 0.6) is 0 Å². The van der Waals surface area contributed by atoms with Gasteiger partial charge in [0.2, 0.25) is 0 Å². The number of anilines is 1. The Morgan fingerprint density at radius 1 is 1.50 bits per heavy atom. The molecule has 3 rings (SSSR count). The van der Waals surface area contributed by atoms with Gasteiger partial charge in [-0.2, -0.15) is 5.06 Å². The topological polar surface area (TPSA) is 92.0 Å². The van der Waals surface area contributed by atoms with Gasteiger partial charge in [0.05, 0.1) is 5.54 Å². The van der Waals surface area contributed by atoms with E-state index in [0.29, 0.717) is 22.8 Å². The van der Waals surface area contributed by atoms with Gasteiger partial charge in [0.25, 0.3) is 5.91 Å². The minimum atomic E-state index is -0.725. The van der Waals surface area contributed by atoms with E-state index in [1.165, 1.54) is 23.9 Å². The number of nitrogens with zero attached hydrogens (tertiary/aromatic N) is 2. The van der Waals surface area contributed by atoms with Crippen LogP contribution in [0.4, 0.5) is 10.1 Å². The summed E-state index contributed by atoms with van der Waals surface area (Å²) in [4.78, 5) is 22.1. The molecular formula is C17H24FN5O2S. The lowest BCUT2D eigenvalue weighted by Crippen LogP contribution is -2.44. The summed E-state index contributed by atoms with van der Waals surface area (Å²) in [5.74, 6) is 0.139. The first-order chi connectivity index (χ1) is 12.5. The first-order valence-corrected chi connectivity index (χ1v) is 9.61. The smallest absolute Gasteiger partial charge is 0.252 e. The van der Waals surface area contributed by atoms with Crippen LogP contribution in [0.1, 0.15) is 18.9 Å². The van der Waals surface area contributed by atoms with Gasteiger partial charge in [-0.25, -0.2) is 4.39 Å². The molecule has 26 heavy (non-hydrogen) atoms. The summed E-state index contributed by atoms with van der Waals surface area (Å²) in [6, 6.07) is 4.52. The molecule has 1 saturated heterocycles. The Kier molecular flexibility index (Phi) is 6.13. The third-order valence-electron chi connectivity index (χ3n) is 4.48. The van der Waals surface area contributed by atoms with Crippen molar-refractivity contribution in [2.45, 2.75) is 18.9 Å². The van der Waals surface area contributed by atoms with E-state index in [1.54, 1.807) is 11.1 Å². The highest BCUT2D eigenvalue weighted by molar-refractivity contribution is 8.13. The zero-order chi connectivity index (χ0) is 18.6. The summed E-state index contributed by atoms with van der Waals surface area (Å²) >= 11 is 1.47. The van der Waals surface area contributed by atoms with Crippen LogP contribution in [-0.2, 0) is 15.2 Å². The number of hydrogen-bond acceptors (Lipinski definition) is 7. The van der Waals surface area contributed by atoms with E-state index >= 15 is 0 Å². The second-order valence-corrected chi connectivity index (χ2v) is 7.63. The van der Waals surface area contributed by atoms with Crippen molar-refractivity contribution in [3.63, 3.8) is 0 Å². The van der Waals surface area contributed by atoms with Gasteiger partial charge < -0.3 is 16.4 Å². The molecule has 1 aromatic rings. The molecule has 1 fully saturated rings. The number of carbonyl (C=O) groups excluding carboxylic acids is 1. The highest BCUT2D eigenvalue weighted by Crippen LogP contribution is 2.37. The van der Waals surface area contributed by atoms with Crippen LogP contribution < -0.4 is 16.4 Å². The van der Waals surface area contributed by atoms with Gasteiger partial charge in [-0.15, -0.1) is 0 Å². The fourth-order valence-electron chi connectivity index (χ4n) is 3.02. The monoisotopic (exact) mass is 381 g/mol. The SMILES string of the molecule is C[C@@]1(c2cc(NC(=O)CON3CCNCC3)ccc2F)CCSC(N)=N1. The van der Waals surface area contributed by atoms with Gasteiger partial charge in [0.1, 0.15) is 12.4 Å². The lowest BCUT2D eigenvalue weighted by molar-refractivity contribution is -0.171. The molecule has 9 heteroatoms. The molecule has 4 N–H and O–H groups in total.